The minimum Gasteiger partial charge on any atom is -0.406 e. The monoisotopic (exact) mass is 339 g/mol. The fourth-order valence-corrected chi connectivity index (χ4v) is 2.52. The molecule has 3 rings (SSSR count). The van der Waals surface area contributed by atoms with E-state index in [0.29, 0.717) is 18.9 Å². The molecule has 24 heavy (non-hydrogen) atoms. The number of halogens is 3. The molecule has 0 bridgehead atoms. The average molecular weight is 339 g/mol. The van der Waals surface area contributed by atoms with Gasteiger partial charge in [0.2, 0.25) is 5.95 Å². The smallest absolute Gasteiger partial charge is 0.406 e. The van der Waals surface area contributed by atoms with Crippen molar-refractivity contribution in [3.63, 3.8) is 0 Å². The second kappa shape index (κ2) is 6.52. The summed E-state index contributed by atoms with van der Waals surface area (Å²) in [6.07, 6.45) is -3.90. The van der Waals surface area contributed by atoms with Gasteiger partial charge in [0, 0.05) is 18.7 Å². The van der Waals surface area contributed by atoms with Crippen LogP contribution in [0.1, 0.15) is 16.8 Å². The molecule has 0 amide bonds. The highest BCUT2D eigenvalue weighted by molar-refractivity contribution is 5.51. The zero-order chi connectivity index (χ0) is 17.2. The van der Waals surface area contributed by atoms with Gasteiger partial charge in [0.15, 0.2) is 0 Å². The molecule has 1 aromatic heterocycles. The molecule has 2 heterocycles. The average Bonchev–Trinajstić information content (AvgIpc) is 2.52. The fraction of sp³-hybridized carbons (Fsp3) is 0.333. The zero-order valence-electron chi connectivity index (χ0n) is 12.7. The summed E-state index contributed by atoms with van der Waals surface area (Å²) in [6.45, 7) is 1.88. The molecule has 0 saturated heterocycles. The van der Waals surface area contributed by atoms with E-state index >= 15 is 0 Å². The van der Waals surface area contributed by atoms with Crippen LogP contribution in [0.2, 0.25) is 0 Å². The molecular formula is C15H16F3N5O. The molecule has 128 valence electrons. The Bertz CT molecular complexity index is 718. The van der Waals surface area contributed by atoms with Gasteiger partial charge < -0.3 is 21.1 Å². The van der Waals surface area contributed by atoms with Crippen molar-refractivity contribution in [2.24, 2.45) is 0 Å². The highest BCUT2D eigenvalue weighted by atomic mass is 19.4. The molecule has 2 aromatic rings. The predicted molar refractivity (Wildman–Crippen MR) is 82.3 cm³/mol. The molecule has 0 spiro atoms. The predicted octanol–water partition coefficient (Wildman–Crippen LogP) is 2.22. The van der Waals surface area contributed by atoms with Crippen LogP contribution in [0.4, 0.5) is 24.9 Å². The van der Waals surface area contributed by atoms with E-state index in [0.717, 1.165) is 29.8 Å². The van der Waals surface area contributed by atoms with Crippen molar-refractivity contribution in [2.45, 2.75) is 25.9 Å². The topological polar surface area (TPSA) is 85.1 Å². The summed E-state index contributed by atoms with van der Waals surface area (Å²) in [5.74, 6) is 0.601. The van der Waals surface area contributed by atoms with Crippen LogP contribution in [0.25, 0.3) is 0 Å². The molecule has 4 N–H and O–H groups in total. The summed E-state index contributed by atoms with van der Waals surface area (Å²) in [7, 11) is 0. The Hall–Kier alpha value is -2.55. The van der Waals surface area contributed by atoms with E-state index in [9.17, 15) is 13.2 Å². The van der Waals surface area contributed by atoms with Crippen LogP contribution in [0, 0.1) is 0 Å². The van der Waals surface area contributed by atoms with E-state index in [2.05, 4.69) is 25.3 Å². The number of benzene rings is 1. The SMILES string of the molecule is Nc1nc2c(c(NCc3ccc(OC(F)(F)F)cc3)n1)CCNC2. The first-order valence-electron chi connectivity index (χ1n) is 7.35. The first-order chi connectivity index (χ1) is 11.4. The Kier molecular flexibility index (Phi) is 4.43. The van der Waals surface area contributed by atoms with Crippen LogP contribution in [0.3, 0.4) is 0 Å². The summed E-state index contributed by atoms with van der Waals surface area (Å²) >= 11 is 0. The van der Waals surface area contributed by atoms with Crippen molar-refractivity contribution in [1.82, 2.24) is 15.3 Å². The third-order valence-electron chi connectivity index (χ3n) is 3.57. The van der Waals surface area contributed by atoms with Crippen LogP contribution in [-0.2, 0) is 19.5 Å². The van der Waals surface area contributed by atoms with Gasteiger partial charge in [-0.1, -0.05) is 12.1 Å². The Labute approximate surface area is 136 Å². The molecule has 1 aromatic carbocycles. The first-order valence-corrected chi connectivity index (χ1v) is 7.35. The number of nitrogens with one attached hydrogen (secondary N) is 2. The van der Waals surface area contributed by atoms with Crippen LogP contribution in [-0.4, -0.2) is 22.9 Å². The number of nitrogens with two attached hydrogens (primary N) is 1. The van der Waals surface area contributed by atoms with E-state index in [4.69, 9.17) is 5.73 Å². The zero-order valence-corrected chi connectivity index (χ0v) is 12.7. The summed E-state index contributed by atoms with van der Waals surface area (Å²) in [6, 6.07) is 5.68. The van der Waals surface area contributed by atoms with Crippen molar-refractivity contribution in [3.8, 4) is 5.75 Å². The molecule has 0 atom stereocenters. The Balaban J connectivity index is 1.69. The first kappa shape index (κ1) is 16.3. The van der Waals surface area contributed by atoms with E-state index in [1.54, 1.807) is 12.1 Å². The number of aromatic nitrogens is 2. The van der Waals surface area contributed by atoms with Gasteiger partial charge >= 0.3 is 6.36 Å². The molecule has 0 fully saturated rings. The van der Waals surface area contributed by atoms with Gasteiger partial charge in [-0.15, -0.1) is 13.2 Å². The number of nitrogens with zero attached hydrogens (tertiary/aromatic N) is 2. The number of nitrogen functional groups attached to an aromatic ring is 1. The minimum absolute atomic E-state index is 0.189. The third-order valence-corrected chi connectivity index (χ3v) is 3.57. The van der Waals surface area contributed by atoms with Crippen LogP contribution < -0.4 is 21.1 Å². The van der Waals surface area contributed by atoms with Crippen molar-refractivity contribution < 1.29 is 17.9 Å². The van der Waals surface area contributed by atoms with Gasteiger partial charge in [0.05, 0.1) is 5.69 Å². The lowest BCUT2D eigenvalue weighted by Gasteiger charge is -2.20. The Morgan fingerprint density at radius 3 is 2.67 bits per heavy atom. The molecular weight excluding hydrogens is 323 g/mol. The molecule has 1 aliphatic heterocycles. The maximum absolute atomic E-state index is 12.1. The van der Waals surface area contributed by atoms with Gasteiger partial charge in [-0.25, -0.2) is 4.98 Å². The van der Waals surface area contributed by atoms with Crippen molar-refractivity contribution in [1.29, 1.82) is 0 Å². The van der Waals surface area contributed by atoms with Gasteiger partial charge in [-0.05, 0) is 30.7 Å². The lowest BCUT2D eigenvalue weighted by Crippen LogP contribution is -2.26. The minimum atomic E-state index is -4.69. The number of fused-ring (bicyclic) bond motifs is 1. The normalized spacial score (nSPS) is 14.1. The van der Waals surface area contributed by atoms with Crippen molar-refractivity contribution >= 4 is 11.8 Å². The highest BCUT2D eigenvalue weighted by Crippen LogP contribution is 2.24. The lowest BCUT2D eigenvalue weighted by atomic mass is 10.1. The largest absolute Gasteiger partial charge is 0.573 e. The van der Waals surface area contributed by atoms with Gasteiger partial charge in [0.25, 0.3) is 0 Å². The second-order valence-electron chi connectivity index (χ2n) is 5.33. The van der Waals surface area contributed by atoms with E-state index in [-0.39, 0.29) is 11.7 Å². The number of rotatable bonds is 4. The molecule has 9 heteroatoms. The number of anilines is 2. The second-order valence-corrected chi connectivity index (χ2v) is 5.33. The number of hydrogen-bond donors (Lipinski definition) is 3. The molecule has 0 saturated carbocycles. The van der Waals surface area contributed by atoms with Gasteiger partial charge in [0.1, 0.15) is 11.6 Å². The fourth-order valence-electron chi connectivity index (χ4n) is 2.52. The molecule has 0 aliphatic carbocycles. The number of alkyl halides is 3. The molecule has 0 radical (unpaired) electrons. The van der Waals surface area contributed by atoms with E-state index in [1.165, 1.54) is 12.1 Å². The van der Waals surface area contributed by atoms with E-state index < -0.39 is 6.36 Å². The summed E-state index contributed by atoms with van der Waals surface area (Å²) in [4.78, 5) is 8.44. The highest BCUT2D eigenvalue weighted by Gasteiger charge is 2.30. The third kappa shape index (κ3) is 4.05. The van der Waals surface area contributed by atoms with Crippen molar-refractivity contribution in [2.75, 3.05) is 17.6 Å². The van der Waals surface area contributed by atoms with E-state index in [1.807, 2.05) is 0 Å². The Morgan fingerprint density at radius 1 is 1.21 bits per heavy atom. The summed E-state index contributed by atoms with van der Waals surface area (Å²) < 4.78 is 40.3. The lowest BCUT2D eigenvalue weighted by molar-refractivity contribution is -0.274. The molecule has 6 nitrogen and oxygen atoms in total. The maximum atomic E-state index is 12.1. The quantitative estimate of drug-likeness (QED) is 0.792. The maximum Gasteiger partial charge on any atom is 0.573 e. The van der Waals surface area contributed by atoms with Gasteiger partial charge in [-0.3, -0.25) is 0 Å². The summed E-state index contributed by atoms with van der Waals surface area (Å²) in [5, 5.41) is 6.39. The van der Waals surface area contributed by atoms with Crippen molar-refractivity contribution in [3.05, 3.63) is 41.1 Å². The van der Waals surface area contributed by atoms with Crippen LogP contribution >= 0.6 is 0 Å². The van der Waals surface area contributed by atoms with Crippen LogP contribution in [0.15, 0.2) is 24.3 Å². The van der Waals surface area contributed by atoms with Gasteiger partial charge in [-0.2, -0.15) is 4.98 Å². The number of ether oxygens (including phenoxy) is 1. The number of hydrogen-bond acceptors (Lipinski definition) is 6. The standard InChI is InChI=1S/C15H16F3N5O/c16-15(17,18)24-10-3-1-9(2-4-10)7-21-13-11-5-6-20-8-12(11)22-14(19)23-13/h1-4,20H,5-8H2,(H3,19,21,22,23). The molecule has 1 aliphatic rings. The summed E-state index contributed by atoms with van der Waals surface area (Å²) in [5.41, 5.74) is 8.39. The van der Waals surface area contributed by atoms with Crippen LogP contribution in [0.5, 0.6) is 5.75 Å². The molecule has 0 unspecified atom stereocenters. The Morgan fingerprint density at radius 2 is 1.96 bits per heavy atom.